The van der Waals surface area contributed by atoms with Crippen molar-refractivity contribution in [2.24, 2.45) is 0 Å². The first-order valence-electron chi connectivity index (χ1n) is 26.5. The van der Waals surface area contributed by atoms with E-state index in [4.69, 9.17) is 52.1 Å². The Labute approximate surface area is 464 Å². The molecule has 10 rings (SSSR count). The minimum atomic E-state index is -1.32. The minimum Gasteiger partial charge on any atom is -0.463 e. The summed E-state index contributed by atoms with van der Waals surface area (Å²) in [5.41, 5.74) is 4.01. The summed E-state index contributed by atoms with van der Waals surface area (Å²) in [6, 6.07) is 66.5. The topological polar surface area (TPSA) is 153 Å². The Kier molecular flexibility index (Phi) is 19.8. The van der Waals surface area contributed by atoms with E-state index in [2.05, 4.69) is 0 Å². The van der Waals surface area contributed by atoms with Gasteiger partial charge >= 0.3 is 17.9 Å². The Hall–Kier alpha value is -7.02. The van der Waals surface area contributed by atoms with Crippen molar-refractivity contribution < 1.29 is 66.5 Å². The zero-order valence-electron chi connectivity index (χ0n) is 43.3. The maximum absolute atomic E-state index is 14.2. The molecule has 0 radical (unpaired) electrons. The van der Waals surface area contributed by atoms with Crippen LogP contribution in [-0.4, -0.2) is 91.7 Å². The first-order valence-corrected chi connectivity index (χ1v) is 27.4. The molecule has 15 heteroatoms. The van der Waals surface area contributed by atoms with Crippen LogP contribution in [0.25, 0.3) is 0 Å². The molecule has 14 nitrogen and oxygen atoms in total. The lowest BCUT2D eigenvalue weighted by molar-refractivity contribution is -0.362. The smallest absolute Gasteiger partial charge is 0.338 e. The summed E-state index contributed by atoms with van der Waals surface area (Å²) in [5.74, 6) is -2.16. The molecule has 0 amide bonds. The highest BCUT2D eigenvalue weighted by Gasteiger charge is 2.55. The molecule has 3 heterocycles. The van der Waals surface area contributed by atoms with Gasteiger partial charge in [0, 0.05) is 10.5 Å². The van der Waals surface area contributed by atoms with E-state index in [1.54, 1.807) is 30.3 Å². The lowest BCUT2D eigenvalue weighted by Gasteiger charge is -2.48. The van der Waals surface area contributed by atoms with Gasteiger partial charge in [-0.25, -0.2) is 4.79 Å². The lowest BCUT2D eigenvalue weighted by atomic mass is 9.97. The number of hydrogen-bond donors (Lipinski definition) is 0. The predicted molar refractivity (Wildman–Crippen MR) is 292 cm³/mol. The van der Waals surface area contributed by atoms with Gasteiger partial charge in [0.05, 0.1) is 51.4 Å². The van der Waals surface area contributed by atoms with Crippen molar-refractivity contribution in [2.75, 3.05) is 13.2 Å². The van der Waals surface area contributed by atoms with Gasteiger partial charge < -0.3 is 52.1 Å². The van der Waals surface area contributed by atoms with Crippen LogP contribution in [0.4, 0.5) is 0 Å². The van der Waals surface area contributed by atoms with E-state index < -0.39 is 91.2 Å². The average Bonchev–Trinajstić information content (AvgIpc) is 3.58. The fraction of sp³-hybridized carbons (Fsp3) is 0.297. The van der Waals surface area contributed by atoms with Crippen molar-refractivity contribution in [3.05, 3.63) is 246 Å². The maximum Gasteiger partial charge on any atom is 0.338 e. The summed E-state index contributed by atoms with van der Waals surface area (Å²) >= 11 is 1.48. The van der Waals surface area contributed by atoms with Crippen molar-refractivity contribution in [1.82, 2.24) is 0 Å². The van der Waals surface area contributed by atoms with Crippen LogP contribution in [0.1, 0.15) is 57.3 Å². The summed E-state index contributed by atoms with van der Waals surface area (Å²) < 4.78 is 71.5. The van der Waals surface area contributed by atoms with Gasteiger partial charge in [0.25, 0.3) is 0 Å². The molecule has 0 aromatic heterocycles. The highest BCUT2D eigenvalue weighted by molar-refractivity contribution is 7.99. The molecule has 3 aliphatic rings. The molecule has 408 valence electrons. The minimum absolute atomic E-state index is 0.0389. The molecule has 0 bridgehead atoms. The van der Waals surface area contributed by atoms with Gasteiger partial charge in [0.2, 0.25) is 0 Å². The first-order chi connectivity index (χ1) is 38.9. The normalized spacial score (nSPS) is 24.6. The summed E-state index contributed by atoms with van der Waals surface area (Å²) in [5, 5.41) is 0. The third kappa shape index (κ3) is 15.4. The molecule has 0 spiro atoms. The van der Waals surface area contributed by atoms with Gasteiger partial charge in [0.1, 0.15) is 48.7 Å². The highest BCUT2D eigenvalue weighted by atomic mass is 32.2. The van der Waals surface area contributed by atoms with E-state index in [1.165, 1.54) is 11.8 Å². The number of thioether (sulfide) groups is 1. The van der Waals surface area contributed by atoms with E-state index in [1.807, 2.05) is 182 Å². The fourth-order valence-electron chi connectivity index (χ4n) is 9.51. The van der Waals surface area contributed by atoms with Crippen LogP contribution in [-0.2, 0) is 88.1 Å². The van der Waals surface area contributed by atoms with Crippen LogP contribution in [0.2, 0.25) is 0 Å². The predicted octanol–water partition coefficient (Wildman–Crippen LogP) is 10.8. The summed E-state index contributed by atoms with van der Waals surface area (Å²) in [7, 11) is 0. The molecule has 79 heavy (non-hydrogen) atoms. The molecule has 0 unspecified atom stereocenters. The summed E-state index contributed by atoms with van der Waals surface area (Å²) in [6.45, 7) is 0.592. The molecule has 0 saturated carbocycles. The second-order valence-corrected chi connectivity index (χ2v) is 20.3. The van der Waals surface area contributed by atoms with Gasteiger partial charge in [0.15, 0.2) is 24.8 Å². The molecule has 3 fully saturated rings. The van der Waals surface area contributed by atoms with Crippen LogP contribution in [0.15, 0.2) is 217 Å². The molecular formula is C64H62O14S. The summed E-state index contributed by atoms with van der Waals surface area (Å²) in [6.07, 6.45) is -10.3. The number of carbonyl (C=O) groups is 3. The maximum atomic E-state index is 14.2. The van der Waals surface area contributed by atoms with E-state index in [-0.39, 0.29) is 51.6 Å². The van der Waals surface area contributed by atoms with Crippen molar-refractivity contribution in [1.29, 1.82) is 0 Å². The SMILES string of the molecule is O=C(CCC(=O)O[C@@H]1[C@@H](OC(=O)c2ccccc2)[C@@H](OCc2ccccc2)O[C@@H]2CO[C@@H](c3ccccc3)O[C@@H]12)OC[C@@H]1O[C@@H](Sc2ccccc2)[C@H](OCc2ccccc2)[C@H](OCc2ccccc2)[C@H]1OCc1ccccc1. The lowest BCUT2D eigenvalue weighted by Crippen LogP contribution is -2.64. The number of ether oxygens (including phenoxy) is 11. The van der Waals surface area contributed by atoms with Crippen molar-refractivity contribution in [3.63, 3.8) is 0 Å². The number of carbonyl (C=O) groups excluding carboxylic acids is 3. The van der Waals surface area contributed by atoms with Crippen LogP contribution in [0.3, 0.4) is 0 Å². The van der Waals surface area contributed by atoms with E-state index in [0.29, 0.717) is 0 Å². The van der Waals surface area contributed by atoms with Crippen molar-refractivity contribution in [3.8, 4) is 0 Å². The third-order valence-electron chi connectivity index (χ3n) is 13.5. The fourth-order valence-corrected chi connectivity index (χ4v) is 10.7. The Morgan fingerprint density at radius 1 is 0.456 bits per heavy atom. The number of esters is 3. The molecule has 11 atom stereocenters. The number of rotatable bonds is 23. The van der Waals surface area contributed by atoms with Gasteiger partial charge in [-0.3, -0.25) is 9.59 Å². The second-order valence-electron chi connectivity index (χ2n) is 19.1. The molecule has 7 aromatic rings. The Balaban J connectivity index is 0.881. The zero-order valence-corrected chi connectivity index (χ0v) is 44.2. The quantitative estimate of drug-likeness (QED) is 0.0441. The number of hydrogen-bond acceptors (Lipinski definition) is 15. The first kappa shape index (κ1) is 55.3. The number of fused-ring (bicyclic) bond motifs is 1. The molecular weight excluding hydrogens is 1020 g/mol. The standard InChI is InChI=1S/C64H62O14S/c65-53(36-37-54(66)76-58-56-52(43-73-62(78-56)49-32-18-6-19-33-49)74-63(72-41-47-28-14-4-15-29-47)59(58)77-61(67)48-30-16-5-17-31-48)68-42-51-55(69-38-44-22-8-1-9-23-44)57(70-39-45-24-10-2-11-25-45)60(71-40-46-26-12-3-13-27-46)64(75-51)79-50-34-20-7-21-35-50/h1-35,51-52,55-60,62-64H,36-43H2/t51-,52+,55-,56+,57+,58-,59+,60+,62+,63-,64-/m0/s1. The third-order valence-corrected chi connectivity index (χ3v) is 14.7. The van der Waals surface area contributed by atoms with Gasteiger partial charge in [-0.15, -0.1) is 0 Å². The van der Waals surface area contributed by atoms with Gasteiger partial charge in [-0.2, -0.15) is 0 Å². The summed E-state index contributed by atoms with van der Waals surface area (Å²) in [4.78, 5) is 43.0. The molecule has 3 aliphatic heterocycles. The van der Waals surface area contributed by atoms with E-state index >= 15 is 0 Å². The average molecular weight is 1090 g/mol. The monoisotopic (exact) mass is 1090 g/mol. The molecule has 7 aromatic carbocycles. The van der Waals surface area contributed by atoms with Gasteiger partial charge in [-0.05, 0) is 46.5 Å². The Morgan fingerprint density at radius 2 is 0.937 bits per heavy atom. The van der Waals surface area contributed by atoms with Crippen molar-refractivity contribution in [2.45, 2.75) is 111 Å². The Morgan fingerprint density at radius 3 is 1.51 bits per heavy atom. The van der Waals surface area contributed by atoms with Crippen LogP contribution in [0.5, 0.6) is 0 Å². The second kappa shape index (κ2) is 28.2. The molecule has 3 saturated heterocycles. The highest BCUT2D eigenvalue weighted by Crippen LogP contribution is 2.40. The van der Waals surface area contributed by atoms with Crippen LogP contribution < -0.4 is 0 Å². The molecule has 0 N–H and O–H groups in total. The molecule has 0 aliphatic carbocycles. The van der Waals surface area contributed by atoms with E-state index in [9.17, 15) is 14.4 Å². The van der Waals surface area contributed by atoms with Crippen LogP contribution >= 0.6 is 11.8 Å². The Bertz CT molecular complexity index is 2950. The van der Waals surface area contributed by atoms with Gasteiger partial charge in [-0.1, -0.05) is 200 Å². The van der Waals surface area contributed by atoms with Crippen LogP contribution in [0, 0.1) is 0 Å². The number of benzene rings is 7. The zero-order chi connectivity index (χ0) is 54.0. The van der Waals surface area contributed by atoms with Crippen molar-refractivity contribution >= 4 is 29.7 Å². The largest absolute Gasteiger partial charge is 0.463 e. The van der Waals surface area contributed by atoms with E-state index in [0.717, 1.165) is 32.7 Å².